The fraction of sp³-hybridized carbons (Fsp3) is 0.667. The monoisotopic (exact) mass is 275 g/mol. The van der Waals surface area contributed by atoms with Crippen LogP contribution in [0.1, 0.15) is 56.4 Å². The molecular weight excluding hydrogens is 246 g/mol. The molecule has 0 radical (unpaired) electrons. The number of nitrogens with one attached hydrogen (secondary N) is 1. The third kappa shape index (κ3) is 4.07. The predicted octanol–water partition coefficient (Wildman–Crippen LogP) is 4.16. The molecule has 2 rings (SSSR count). The first kappa shape index (κ1) is 15.5. The Hall–Kier alpha value is -0.860. The van der Waals surface area contributed by atoms with Crippen molar-refractivity contribution in [2.24, 2.45) is 5.92 Å². The Balaban J connectivity index is 2.16. The van der Waals surface area contributed by atoms with E-state index in [0.717, 1.165) is 13.2 Å². The second-order valence-electron chi connectivity index (χ2n) is 7.18. The SMILES string of the molecule is Cc1ccc(C)c(C2OCCCC2CNC(C)(C)C)c1. The lowest BCUT2D eigenvalue weighted by Gasteiger charge is -2.35. The van der Waals surface area contributed by atoms with Crippen LogP contribution in [0.4, 0.5) is 0 Å². The van der Waals surface area contributed by atoms with Gasteiger partial charge in [0.1, 0.15) is 0 Å². The first-order valence-corrected chi connectivity index (χ1v) is 7.80. The maximum atomic E-state index is 6.14. The van der Waals surface area contributed by atoms with Gasteiger partial charge in [-0.15, -0.1) is 0 Å². The van der Waals surface area contributed by atoms with E-state index in [9.17, 15) is 0 Å². The summed E-state index contributed by atoms with van der Waals surface area (Å²) in [7, 11) is 0. The minimum absolute atomic E-state index is 0.170. The van der Waals surface area contributed by atoms with Crippen LogP contribution in [0, 0.1) is 19.8 Å². The smallest absolute Gasteiger partial charge is 0.0867 e. The first-order chi connectivity index (χ1) is 9.37. The van der Waals surface area contributed by atoms with Gasteiger partial charge in [-0.2, -0.15) is 0 Å². The van der Waals surface area contributed by atoms with Gasteiger partial charge in [0.2, 0.25) is 0 Å². The second-order valence-corrected chi connectivity index (χ2v) is 7.18. The van der Waals surface area contributed by atoms with Crippen LogP contribution >= 0.6 is 0 Å². The molecule has 0 aliphatic carbocycles. The van der Waals surface area contributed by atoms with Crippen LogP contribution in [0.25, 0.3) is 0 Å². The van der Waals surface area contributed by atoms with E-state index in [4.69, 9.17) is 4.74 Å². The molecule has 1 aliphatic rings. The van der Waals surface area contributed by atoms with Crippen molar-refractivity contribution in [1.29, 1.82) is 0 Å². The van der Waals surface area contributed by atoms with E-state index in [0.29, 0.717) is 5.92 Å². The van der Waals surface area contributed by atoms with Crippen LogP contribution in [-0.2, 0) is 4.74 Å². The van der Waals surface area contributed by atoms with Gasteiger partial charge in [-0.05, 0) is 58.6 Å². The van der Waals surface area contributed by atoms with Gasteiger partial charge in [0.25, 0.3) is 0 Å². The van der Waals surface area contributed by atoms with Crippen molar-refractivity contribution < 1.29 is 4.74 Å². The minimum atomic E-state index is 0.170. The van der Waals surface area contributed by atoms with E-state index in [1.165, 1.54) is 29.5 Å². The van der Waals surface area contributed by atoms with E-state index >= 15 is 0 Å². The molecule has 0 bridgehead atoms. The lowest BCUT2D eigenvalue weighted by Crippen LogP contribution is -2.41. The standard InChI is InChI=1S/C18H29NO/c1-13-8-9-14(2)16(11-13)17-15(7-6-10-20-17)12-19-18(3,4)5/h8-9,11,15,17,19H,6-7,10,12H2,1-5H3. The zero-order chi connectivity index (χ0) is 14.8. The van der Waals surface area contributed by atoms with Gasteiger partial charge in [0.15, 0.2) is 0 Å². The van der Waals surface area contributed by atoms with Crippen LogP contribution in [0.5, 0.6) is 0 Å². The topological polar surface area (TPSA) is 21.3 Å². The number of benzene rings is 1. The zero-order valence-corrected chi connectivity index (χ0v) is 13.6. The second kappa shape index (κ2) is 6.28. The molecule has 0 aromatic heterocycles. The quantitative estimate of drug-likeness (QED) is 0.894. The molecule has 1 aromatic carbocycles. The van der Waals surface area contributed by atoms with Crippen molar-refractivity contribution in [2.75, 3.05) is 13.2 Å². The number of hydrogen-bond donors (Lipinski definition) is 1. The summed E-state index contributed by atoms with van der Waals surface area (Å²) in [5, 5.41) is 3.65. The Kier molecular flexibility index (Phi) is 4.87. The molecule has 2 atom stereocenters. The molecule has 1 fully saturated rings. The lowest BCUT2D eigenvalue weighted by atomic mass is 9.86. The van der Waals surface area contributed by atoms with Crippen molar-refractivity contribution in [3.05, 3.63) is 34.9 Å². The molecule has 0 saturated carbocycles. The van der Waals surface area contributed by atoms with Crippen LogP contribution in [-0.4, -0.2) is 18.7 Å². The predicted molar refractivity (Wildman–Crippen MR) is 85.1 cm³/mol. The van der Waals surface area contributed by atoms with Gasteiger partial charge in [-0.25, -0.2) is 0 Å². The third-order valence-electron chi connectivity index (χ3n) is 4.08. The molecule has 1 saturated heterocycles. The summed E-state index contributed by atoms with van der Waals surface area (Å²) in [5.41, 5.74) is 4.22. The molecule has 0 spiro atoms. The van der Waals surface area contributed by atoms with E-state index in [1.807, 2.05) is 0 Å². The Labute approximate surface area is 123 Å². The van der Waals surface area contributed by atoms with Gasteiger partial charge in [0, 0.05) is 24.6 Å². The summed E-state index contributed by atoms with van der Waals surface area (Å²) < 4.78 is 6.14. The first-order valence-electron chi connectivity index (χ1n) is 7.80. The van der Waals surface area contributed by atoms with Crippen LogP contribution in [0.2, 0.25) is 0 Å². The third-order valence-corrected chi connectivity index (χ3v) is 4.08. The lowest BCUT2D eigenvalue weighted by molar-refractivity contribution is -0.0296. The number of ether oxygens (including phenoxy) is 1. The molecular formula is C18H29NO. The molecule has 1 heterocycles. The highest BCUT2D eigenvalue weighted by Crippen LogP contribution is 2.35. The van der Waals surface area contributed by atoms with Gasteiger partial charge >= 0.3 is 0 Å². The average molecular weight is 275 g/mol. The van der Waals surface area contributed by atoms with E-state index in [2.05, 4.69) is 58.1 Å². The maximum absolute atomic E-state index is 6.14. The van der Waals surface area contributed by atoms with E-state index in [-0.39, 0.29) is 11.6 Å². The van der Waals surface area contributed by atoms with Gasteiger partial charge in [0.05, 0.1) is 6.10 Å². The Bertz CT molecular complexity index is 447. The van der Waals surface area contributed by atoms with E-state index in [1.54, 1.807) is 0 Å². The molecule has 2 nitrogen and oxygen atoms in total. The van der Waals surface area contributed by atoms with Crippen molar-refractivity contribution >= 4 is 0 Å². The normalized spacial score (nSPS) is 23.9. The van der Waals surface area contributed by atoms with Crippen molar-refractivity contribution in [3.63, 3.8) is 0 Å². The summed E-state index contributed by atoms with van der Waals surface area (Å²) in [6, 6.07) is 6.70. The van der Waals surface area contributed by atoms with Crippen LogP contribution < -0.4 is 5.32 Å². The fourth-order valence-corrected chi connectivity index (χ4v) is 2.90. The van der Waals surface area contributed by atoms with Crippen molar-refractivity contribution in [3.8, 4) is 0 Å². The molecule has 2 unspecified atom stereocenters. The molecule has 1 aromatic rings. The summed E-state index contributed by atoms with van der Waals surface area (Å²) in [4.78, 5) is 0. The number of hydrogen-bond acceptors (Lipinski definition) is 2. The maximum Gasteiger partial charge on any atom is 0.0867 e. The number of rotatable bonds is 3. The molecule has 0 amide bonds. The van der Waals surface area contributed by atoms with Crippen molar-refractivity contribution in [2.45, 2.75) is 59.1 Å². The van der Waals surface area contributed by atoms with Gasteiger partial charge in [-0.1, -0.05) is 23.8 Å². The van der Waals surface area contributed by atoms with Crippen LogP contribution in [0.15, 0.2) is 18.2 Å². The molecule has 20 heavy (non-hydrogen) atoms. The molecule has 2 heteroatoms. The Morgan fingerprint density at radius 3 is 2.70 bits per heavy atom. The average Bonchev–Trinajstić information content (AvgIpc) is 2.39. The summed E-state index contributed by atoms with van der Waals surface area (Å²) in [6.07, 6.45) is 2.68. The fourth-order valence-electron chi connectivity index (χ4n) is 2.90. The number of aryl methyl sites for hydroxylation is 2. The largest absolute Gasteiger partial charge is 0.373 e. The van der Waals surface area contributed by atoms with E-state index < -0.39 is 0 Å². The van der Waals surface area contributed by atoms with Gasteiger partial charge in [-0.3, -0.25) is 0 Å². The molecule has 1 aliphatic heterocycles. The summed E-state index contributed by atoms with van der Waals surface area (Å²) in [5.74, 6) is 0.573. The van der Waals surface area contributed by atoms with Crippen LogP contribution in [0.3, 0.4) is 0 Å². The highest BCUT2D eigenvalue weighted by atomic mass is 16.5. The summed E-state index contributed by atoms with van der Waals surface area (Å²) in [6.45, 7) is 13.0. The summed E-state index contributed by atoms with van der Waals surface area (Å²) >= 11 is 0. The Morgan fingerprint density at radius 1 is 1.25 bits per heavy atom. The van der Waals surface area contributed by atoms with Crippen molar-refractivity contribution in [1.82, 2.24) is 5.32 Å². The zero-order valence-electron chi connectivity index (χ0n) is 13.6. The Morgan fingerprint density at radius 2 is 2.00 bits per heavy atom. The molecule has 112 valence electrons. The van der Waals surface area contributed by atoms with Gasteiger partial charge < -0.3 is 10.1 Å². The minimum Gasteiger partial charge on any atom is -0.373 e. The highest BCUT2D eigenvalue weighted by Gasteiger charge is 2.29. The highest BCUT2D eigenvalue weighted by molar-refractivity contribution is 5.33. The molecule has 1 N–H and O–H groups in total.